The fraction of sp³-hybridized carbons (Fsp3) is 0.0667. The van der Waals surface area contributed by atoms with Crippen LogP contribution in [0.15, 0.2) is 36.4 Å². The molecule has 0 aliphatic heterocycles. The number of hydrogen-bond acceptors (Lipinski definition) is 2. The monoisotopic (exact) mass is 393 g/mol. The molecule has 0 N–H and O–H groups in total. The predicted octanol–water partition coefficient (Wildman–Crippen LogP) is 4.37. The van der Waals surface area contributed by atoms with Crippen molar-refractivity contribution < 1.29 is 0 Å². The molecule has 3 nitrogen and oxygen atoms in total. The lowest BCUT2D eigenvalue weighted by Gasteiger charge is -2.05. The highest BCUT2D eigenvalue weighted by molar-refractivity contribution is 14.1. The van der Waals surface area contributed by atoms with Crippen LogP contribution < -0.4 is 0 Å². The van der Waals surface area contributed by atoms with Crippen LogP contribution in [0.1, 0.15) is 5.56 Å². The standard InChI is InChI=1S/C15H9ClIN3/c1-20-14-6-9(8-18)2-5-13(14)19-15(20)11-7-10(16)3-4-12(11)17/h2-7H,1H3. The molecule has 0 saturated carbocycles. The first kappa shape index (κ1) is 13.4. The summed E-state index contributed by atoms with van der Waals surface area (Å²) in [6.45, 7) is 0. The number of benzene rings is 2. The summed E-state index contributed by atoms with van der Waals surface area (Å²) in [6.07, 6.45) is 0. The molecule has 0 radical (unpaired) electrons. The van der Waals surface area contributed by atoms with Crippen LogP contribution in [-0.4, -0.2) is 9.55 Å². The zero-order valence-electron chi connectivity index (χ0n) is 10.6. The molecule has 3 rings (SSSR count). The van der Waals surface area contributed by atoms with Crippen molar-refractivity contribution >= 4 is 45.2 Å². The summed E-state index contributed by atoms with van der Waals surface area (Å²) >= 11 is 8.35. The lowest BCUT2D eigenvalue weighted by Crippen LogP contribution is -1.94. The van der Waals surface area contributed by atoms with E-state index < -0.39 is 0 Å². The van der Waals surface area contributed by atoms with Crippen molar-refractivity contribution in [3.63, 3.8) is 0 Å². The molecular weight excluding hydrogens is 385 g/mol. The number of imidazole rings is 1. The number of halogens is 2. The van der Waals surface area contributed by atoms with Gasteiger partial charge < -0.3 is 4.57 Å². The van der Waals surface area contributed by atoms with E-state index in [4.69, 9.17) is 16.9 Å². The van der Waals surface area contributed by atoms with E-state index in [9.17, 15) is 0 Å². The Morgan fingerprint density at radius 3 is 2.80 bits per heavy atom. The minimum Gasteiger partial charge on any atom is -0.327 e. The van der Waals surface area contributed by atoms with Gasteiger partial charge in [-0.3, -0.25) is 0 Å². The second-order valence-electron chi connectivity index (χ2n) is 4.43. The molecule has 98 valence electrons. The Morgan fingerprint density at radius 2 is 2.05 bits per heavy atom. The third-order valence-corrected chi connectivity index (χ3v) is 4.36. The number of rotatable bonds is 1. The van der Waals surface area contributed by atoms with Crippen molar-refractivity contribution in [2.24, 2.45) is 7.05 Å². The summed E-state index contributed by atoms with van der Waals surface area (Å²) in [5.74, 6) is 0.849. The lowest BCUT2D eigenvalue weighted by molar-refractivity contribution is 0.958. The molecule has 20 heavy (non-hydrogen) atoms. The smallest absolute Gasteiger partial charge is 0.141 e. The minimum atomic E-state index is 0.632. The molecule has 0 bridgehead atoms. The summed E-state index contributed by atoms with van der Waals surface area (Å²) in [5, 5.41) is 9.68. The van der Waals surface area contributed by atoms with E-state index >= 15 is 0 Å². The first-order valence-corrected chi connectivity index (χ1v) is 7.38. The topological polar surface area (TPSA) is 41.6 Å². The SMILES string of the molecule is Cn1c(-c2cc(Cl)ccc2I)nc2ccc(C#N)cc21. The second kappa shape index (κ2) is 5.08. The number of hydrogen-bond donors (Lipinski definition) is 0. The van der Waals surface area contributed by atoms with Crippen LogP contribution in [0.4, 0.5) is 0 Å². The van der Waals surface area contributed by atoms with Crippen LogP contribution in [0.5, 0.6) is 0 Å². The second-order valence-corrected chi connectivity index (χ2v) is 6.03. The summed E-state index contributed by atoms with van der Waals surface area (Å²) in [6, 6.07) is 13.4. The van der Waals surface area contributed by atoms with E-state index in [0.717, 1.165) is 26.0 Å². The molecule has 0 atom stereocenters. The summed E-state index contributed by atoms with van der Waals surface area (Å²) in [7, 11) is 1.95. The third kappa shape index (κ3) is 2.17. The molecular formula is C15H9ClIN3. The Bertz CT molecular complexity index is 861. The first-order valence-electron chi connectivity index (χ1n) is 5.92. The third-order valence-electron chi connectivity index (χ3n) is 3.18. The van der Waals surface area contributed by atoms with Crippen molar-refractivity contribution in [3.05, 3.63) is 50.6 Å². The largest absolute Gasteiger partial charge is 0.327 e. The maximum absolute atomic E-state index is 8.99. The van der Waals surface area contributed by atoms with Gasteiger partial charge in [0.2, 0.25) is 0 Å². The number of fused-ring (bicyclic) bond motifs is 1. The van der Waals surface area contributed by atoms with Crippen LogP contribution in [0, 0.1) is 14.9 Å². The van der Waals surface area contributed by atoms with E-state index in [1.165, 1.54) is 0 Å². The molecule has 1 heterocycles. The minimum absolute atomic E-state index is 0.632. The first-order chi connectivity index (χ1) is 9.60. The average molecular weight is 394 g/mol. The van der Waals surface area contributed by atoms with Gasteiger partial charge in [-0.1, -0.05) is 11.6 Å². The molecule has 2 aromatic carbocycles. The Labute approximate surface area is 134 Å². The molecule has 0 aliphatic rings. The van der Waals surface area contributed by atoms with E-state index in [0.29, 0.717) is 10.6 Å². The van der Waals surface area contributed by atoms with Gasteiger partial charge in [0.25, 0.3) is 0 Å². The van der Waals surface area contributed by atoms with Crippen LogP contribution in [0.25, 0.3) is 22.4 Å². The summed E-state index contributed by atoms with van der Waals surface area (Å²) in [5.41, 5.74) is 3.44. The summed E-state index contributed by atoms with van der Waals surface area (Å²) in [4.78, 5) is 4.65. The van der Waals surface area contributed by atoms with Crippen molar-refractivity contribution in [3.8, 4) is 17.5 Å². The van der Waals surface area contributed by atoms with Gasteiger partial charge >= 0.3 is 0 Å². The van der Waals surface area contributed by atoms with E-state index in [1.807, 2.05) is 41.9 Å². The number of aromatic nitrogens is 2. The van der Waals surface area contributed by atoms with Gasteiger partial charge in [-0.2, -0.15) is 5.26 Å². The molecule has 0 saturated heterocycles. The van der Waals surface area contributed by atoms with E-state index in [-0.39, 0.29) is 0 Å². The summed E-state index contributed by atoms with van der Waals surface area (Å²) < 4.78 is 3.08. The Hall–Kier alpha value is -1.58. The van der Waals surface area contributed by atoms with Gasteiger partial charge in [0.1, 0.15) is 5.82 Å². The average Bonchev–Trinajstić information content (AvgIpc) is 2.78. The molecule has 0 unspecified atom stereocenters. The normalized spacial score (nSPS) is 10.7. The van der Waals surface area contributed by atoms with Crippen molar-refractivity contribution in [1.82, 2.24) is 9.55 Å². The number of aryl methyl sites for hydroxylation is 1. The quantitative estimate of drug-likeness (QED) is 0.576. The van der Waals surface area contributed by atoms with E-state index in [2.05, 4.69) is 33.6 Å². The highest BCUT2D eigenvalue weighted by Crippen LogP contribution is 2.30. The fourth-order valence-corrected chi connectivity index (χ4v) is 2.92. The van der Waals surface area contributed by atoms with Gasteiger partial charge in [-0.15, -0.1) is 0 Å². The molecule has 0 fully saturated rings. The van der Waals surface area contributed by atoms with Crippen molar-refractivity contribution in [2.75, 3.05) is 0 Å². The van der Waals surface area contributed by atoms with Gasteiger partial charge in [0.15, 0.2) is 0 Å². The molecule has 1 aromatic heterocycles. The highest BCUT2D eigenvalue weighted by Gasteiger charge is 2.13. The molecule has 3 aromatic rings. The number of nitriles is 1. The maximum Gasteiger partial charge on any atom is 0.141 e. The van der Waals surface area contributed by atoms with E-state index in [1.54, 1.807) is 6.07 Å². The van der Waals surface area contributed by atoms with Crippen LogP contribution >= 0.6 is 34.2 Å². The van der Waals surface area contributed by atoms with Crippen LogP contribution in [0.2, 0.25) is 5.02 Å². The zero-order chi connectivity index (χ0) is 14.3. The molecule has 0 amide bonds. The van der Waals surface area contributed by atoms with Crippen LogP contribution in [-0.2, 0) is 7.05 Å². The Morgan fingerprint density at radius 1 is 1.25 bits per heavy atom. The van der Waals surface area contributed by atoms with Gasteiger partial charge in [-0.05, 0) is 59.0 Å². The van der Waals surface area contributed by atoms with Crippen molar-refractivity contribution in [2.45, 2.75) is 0 Å². The Balaban J connectivity index is 2.30. The molecule has 0 aliphatic carbocycles. The lowest BCUT2D eigenvalue weighted by atomic mass is 10.2. The van der Waals surface area contributed by atoms with Gasteiger partial charge in [-0.25, -0.2) is 4.98 Å². The zero-order valence-corrected chi connectivity index (χ0v) is 13.5. The highest BCUT2D eigenvalue weighted by atomic mass is 127. The Kier molecular flexibility index (Phi) is 3.40. The maximum atomic E-state index is 8.99. The predicted molar refractivity (Wildman–Crippen MR) is 88.6 cm³/mol. The van der Waals surface area contributed by atoms with Gasteiger partial charge in [0.05, 0.1) is 22.7 Å². The molecule has 0 spiro atoms. The fourth-order valence-electron chi connectivity index (χ4n) is 2.17. The number of nitrogens with zero attached hydrogens (tertiary/aromatic N) is 3. The van der Waals surface area contributed by atoms with Gasteiger partial charge in [0, 0.05) is 21.2 Å². The van der Waals surface area contributed by atoms with Crippen molar-refractivity contribution in [1.29, 1.82) is 5.26 Å². The van der Waals surface area contributed by atoms with Crippen LogP contribution in [0.3, 0.4) is 0 Å². The molecule has 5 heteroatoms.